The zero-order chi connectivity index (χ0) is 9.97. The first-order chi connectivity index (χ1) is 6.81. The van der Waals surface area contributed by atoms with E-state index in [9.17, 15) is 0 Å². The number of aromatic nitrogens is 3. The summed E-state index contributed by atoms with van der Waals surface area (Å²) in [6, 6.07) is 0. The van der Waals surface area contributed by atoms with Crippen LogP contribution in [0.2, 0.25) is 5.15 Å². The Hall–Kier alpha value is -0.980. The summed E-state index contributed by atoms with van der Waals surface area (Å²) in [7, 11) is 1.82. The second-order valence-corrected chi connectivity index (χ2v) is 3.73. The van der Waals surface area contributed by atoms with E-state index < -0.39 is 0 Å². The summed E-state index contributed by atoms with van der Waals surface area (Å²) >= 11 is 7.19. The van der Waals surface area contributed by atoms with Gasteiger partial charge in [0, 0.05) is 0 Å². The maximum atomic E-state index is 5.82. The zero-order valence-electron chi connectivity index (χ0n) is 7.32. The van der Waals surface area contributed by atoms with Crippen molar-refractivity contribution in [3.63, 3.8) is 0 Å². The first-order valence-electron chi connectivity index (χ1n) is 3.88. The summed E-state index contributed by atoms with van der Waals surface area (Å²) in [6.07, 6.45) is 0. The molecule has 2 rings (SSSR count). The number of thiazole rings is 1. The third kappa shape index (κ3) is 1.77. The maximum Gasteiger partial charge on any atom is 0.271 e. The van der Waals surface area contributed by atoms with Crippen LogP contribution in [0.25, 0.3) is 10.8 Å². The summed E-state index contributed by atoms with van der Waals surface area (Å²) in [5.41, 5.74) is 1.64. The van der Waals surface area contributed by atoms with Gasteiger partial charge in [-0.25, -0.2) is 4.98 Å². The normalized spacial score (nSPS) is 10.7. The van der Waals surface area contributed by atoms with E-state index in [1.54, 1.807) is 5.51 Å². The lowest BCUT2D eigenvalue weighted by atomic mass is 10.5. The number of nitrogens with one attached hydrogen (secondary N) is 1. The summed E-state index contributed by atoms with van der Waals surface area (Å²) in [4.78, 5) is 8.75. The molecule has 0 amide bonds. The van der Waals surface area contributed by atoms with Gasteiger partial charge in [0.2, 0.25) is 0 Å². The van der Waals surface area contributed by atoms with Gasteiger partial charge in [-0.15, -0.1) is 11.3 Å². The molecule has 0 aromatic carbocycles. The molecule has 2 heterocycles. The zero-order valence-corrected chi connectivity index (χ0v) is 8.89. The van der Waals surface area contributed by atoms with Crippen LogP contribution in [-0.4, -0.2) is 22.2 Å². The second-order valence-electron chi connectivity index (χ2n) is 2.52. The fourth-order valence-corrected chi connectivity index (χ4v) is 1.87. The molecule has 0 aliphatic carbocycles. The van der Waals surface area contributed by atoms with Gasteiger partial charge in [-0.1, -0.05) is 16.8 Å². The van der Waals surface area contributed by atoms with Crippen LogP contribution >= 0.6 is 22.9 Å². The van der Waals surface area contributed by atoms with E-state index in [1.165, 1.54) is 11.3 Å². The van der Waals surface area contributed by atoms with Crippen molar-refractivity contribution >= 4 is 22.9 Å². The van der Waals surface area contributed by atoms with Crippen LogP contribution in [0.1, 0.15) is 5.82 Å². The van der Waals surface area contributed by atoms with Crippen molar-refractivity contribution in [2.24, 2.45) is 0 Å². The molecule has 0 atom stereocenters. The second kappa shape index (κ2) is 4.04. The van der Waals surface area contributed by atoms with E-state index in [4.69, 9.17) is 16.1 Å². The van der Waals surface area contributed by atoms with Crippen molar-refractivity contribution in [3.05, 3.63) is 16.5 Å². The topological polar surface area (TPSA) is 63.8 Å². The average molecular weight is 231 g/mol. The standard InChI is InChI=1S/C7H7ClN4OS/c1-9-2-4-11-7(13-12-4)5-6(8)10-3-14-5/h3,9H,2H2,1H3. The van der Waals surface area contributed by atoms with Crippen molar-refractivity contribution in [2.75, 3.05) is 7.05 Å². The van der Waals surface area contributed by atoms with Crippen molar-refractivity contribution in [3.8, 4) is 10.8 Å². The fourth-order valence-electron chi connectivity index (χ4n) is 0.947. The number of hydrogen-bond donors (Lipinski definition) is 1. The van der Waals surface area contributed by atoms with E-state index in [0.29, 0.717) is 28.3 Å². The molecule has 0 aliphatic rings. The molecular formula is C7H7ClN4OS. The van der Waals surface area contributed by atoms with E-state index in [2.05, 4.69) is 20.4 Å². The Balaban J connectivity index is 2.29. The highest BCUT2D eigenvalue weighted by atomic mass is 35.5. The van der Waals surface area contributed by atoms with Gasteiger partial charge in [-0.3, -0.25) is 0 Å². The lowest BCUT2D eigenvalue weighted by Gasteiger charge is -1.87. The highest BCUT2D eigenvalue weighted by Crippen LogP contribution is 2.29. The molecule has 1 N–H and O–H groups in total. The summed E-state index contributed by atoms with van der Waals surface area (Å²) in [6.45, 7) is 0.569. The molecule has 0 saturated carbocycles. The molecule has 0 fully saturated rings. The smallest absolute Gasteiger partial charge is 0.271 e. The molecular weight excluding hydrogens is 224 g/mol. The van der Waals surface area contributed by atoms with Gasteiger partial charge >= 0.3 is 0 Å². The summed E-state index contributed by atoms with van der Waals surface area (Å²) in [5.74, 6) is 1.02. The molecule has 0 aliphatic heterocycles. The lowest BCUT2D eigenvalue weighted by Crippen LogP contribution is -2.06. The maximum absolute atomic E-state index is 5.82. The van der Waals surface area contributed by atoms with Gasteiger partial charge in [-0.05, 0) is 7.05 Å². The number of hydrogen-bond acceptors (Lipinski definition) is 6. The molecule has 5 nitrogen and oxygen atoms in total. The largest absolute Gasteiger partial charge is 0.333 e. The molecule has 0 bridgehead atoms. The quantitative estimate of drug-likeness (QED) is 0.867. The van der Waals surface area contributed by atoms with E-state index >= 15 is 0 Å². The third-order valence-electron chi connectivity index (χ3n) is 1.52. The summed E-state index contributed by atoms with van der Waals surface area (Å²) in [5, 5.41) is 7.10. The first kappa shape index (κ1) is 9.57. The molecule has 0 spiro atoms. The summed E-state index contributed by atoms with van der Waals surface area (Å²) < 4.78 is 5.03. The van der Waals surface area contributed by atoms with Crippen molar-refractivity contribution in [1.82, 2.24) is 20.4 Å². The van der Waals surface area contributed by atoms with E-state index in [-0.39, 0.29) is 0 Å². The Kier molecular flexibility index (Phi) is 2.76. The molecule has 0 unspecified atom stereocenters. The average Bonchev–Trinajstić information content (AvgIpc) is 2.74. The van der Waals surface area contributed by atoms with E-state index in [1.807, 2.05) is 7.05 Å². The minimum Gasteiger partial charge on any atom is -0.333 e. The van der Waals surface area contributed by atoms with Crippen LogP contribution < -0.4 is 5.32 Å². The highest BCUT2D eigenvalue weighted by molar-refractivity contribution is 7.13. The lowest BCUT2D eigenvalue weighted by molar-refractivity contribution is 0.421. The molecule has 2 aromatic rings. The Labute approximate surface area is 89.1 Å². The SMILES string of the molecule is CNCc1noc(-c2scnc2Cl)n1. The molecule has 0 saturated heterocycles. The van der Waals surface area contributed by atoms with Gasteiger partial charge in [0.25, 0.3) is 5.89 Å². The van der Waals surface area contributed by atoms with Crippen molar-refractivity contribution < 1.29 is 4.52 Å². The number of halogens is 1. The van der Waals surface area contributed by atoms with Crippen LogP contribution in [-0.2, 0) is 6.54 Å². The van der Waals surface area contributed by atoms with Gasteiger partial charge in [0.1, 0.15) is 4.88 Å². The predicted octanol–water partition coefficient (Wildman–Crippen LogP) is 1.57. The Bertz CT molecular complexity index is 427. The Morgan fingerprint density at radius 1 is 1.64 bits per heavy atom. The predicted molar refractivity (Wildman–Crippen MR) is 53.2 cm³/mol. The molecule has 7 heteroatoms. The van der Waals surface area contributed by atoms with Crippen LogP contribution in [0.4, 0.5) is 0 Å². The van der Waals surface area contributed by atoms with Crippen LogP contribution in [0.15, 0.2) is 10.0 Å². The Morgan fingerprint density at radius 2 is 2.50 bits per heavy atom. The third-order valence-corrected chi connectivity index (χ3v) is 2.73. The van der Waals surface area contributed by atoms with Crippen LogP contribution in [0.3, 0.4) is 0 Å². The van der Waals surface area contributed by atoms with Crippen LogP contribution in [0.5, 0.6) is 0 Å². The van der Waals surface area contributed by atoms with Crippen LogP contribution in [0, 0.1) is 0 Å². The van der Waals surface area contributed by atoms with Crippen molar-refractivity contribution in [1.29, 1.82) is 0 Å². The van der Waals surface area contributed by atoms with Gasteiger partial charge in [0.15, 0.2) is 11.0 Å². The molecule has 14 heavy (non-hydrogen) atoms. The molecule has 2 aromatic heterocycles. The van der Waals surface area contributed by atoms with Gasteiger partial charge in [-0.2, -0.15) is 4.98 Å². The fraction of sp³-hybridized carbons (Fsp3) is 0.286. The number of rotatable bonds is 3. The first-order valence-corrected chi connectivity index (χ1v) is 5.13. The highest BCUT2D eigenvalue weighted by Gasteiger charge is 2.13. The Morgan fingerprint density at radius 3 is 3.14 bits per heavy atom. The van der Waals surface area contributed by atoms with Crippen molar-refractivity contribution in [2.45, 2.75) is 6.54 Å². The van der Waals surface area contributed by atoms with Gasteiger partial charge < -0.3 is 9.84 Å². The molecule has 74 valence electrons. The molecule has 0 radical (unpaired) electrons. The monoisotopic (exact) mass is 230 g/mol. The minimum absolute atomic E-state index is 0.398. The minimum atomic E-state index is 0.398. The van der Waals surface area contributed by atoms with E-state index in [0.717, 1.165) is 0 Å². The number of nitrogens with zero attached hydrogens (tertiary/aromatic N) is 3. The van der Waals surface area contributed by atoms with Gasteiger partial charge in [0.05, 0.1) is 12.1 Å².